The first-order valence-corrected chi connectivity index (χ1v) is 10.3. The minimum Gasteiger partial charge on any atom is -0.472 e. The molecule has 1 atom stereocenters. The first kappa shape index (κ1) is 18.5. The van der Waals surface area contributed by atoms with E-state index in [-0.39, 0.29) is 18.2 Å². The van der Waals surface area contributed by atoms with Crippen LogP contribution < -0.4 is 10.1 Å². The number of hydrogen-bond acceptors (Lipinski definition) is 5. The summed E-state index contributed by atoms with van der Waals surface area (Å²) in [6.07, 6.45) is 5.82. The third-order valence-corrected chi connectivity index (χ3v) is 5.35. The molecule has 0 aromatic carbocycles. The fourth-order valence-corrected chi connectivity index (χ4v) is 3.77. The minimum absolute atomic E-state index is 0.00751. The summed E-state index contributed by atoms with van der Waals surface area (Å²) in [5, 5.41) is 2.98. The van der Waals surface area contributed by atoms with Crippen LogP contribution in [0.4, 0.5) is 4.79 Å². The molecule has 1 aliphatic carbocycles. The normalized spacial score (nSPS) is 22.9. The van der Waals surface area contributed by atoms with E-state index in [1.54, 1.807) is 0 Å². The van der Waals surface area contributed by atoms with E-state index in [0.29, 0.717) is 25.7 Å². The van der Waals surface area contributed by atoms with E-state index in [0.717, 1.165) is 55.2 Å². The number of nitrogens with zero attached hydrogens (tertiary/aromatic N) is 3. The maximum absolute atomic E-state index is 12.4. The number of piperidine rings is 1. The molecule has 1 N–H and O–H groups in total. The van der Waals surface area contributed by atoms with Gasteiger partial charge in [-0.05, 0) is 39.5 Å². The Morgan fingerprint density at radius 1 is 1.22 bits per heavy atom. The Labute approximate surface area is 160 Å². The standard InChI is InChI=1S/C20H30N4O3/c1-13(2)21-20(25)24-9-3-4-15(12-24)27-19-16-7-10-26-11-8-17(16)22-18(23-19)14-5-6-14/h13-15H,3-12H2,1-2H3,(H,21,25). The van der Waals surface area contributed by atoms with E-state index in [9.17, 15) is 4.79 Å². The van der Waals surface area contributed by atoms with Crippen molar-refractivity contribution in [2.24, 2.45) is 0 Å². The molecule has 1 aromatic rings. The van der Waals surface area contributed by atoms with E-state index in [1.807, 2.05) is 18.7 Å². The van der Waals surface area contributed by atoms with Crippen molar-refractivity contribution < 1.29 is 14.3 Å². The van der Waals surface area contributed by atoms with Gasteiger partial charge in [-0.2, -0.15) is 4.98 Å². The molecule has 1 saturated heterocycles. The second kappa shape index (κ2) is 8.00. The number of nitrogens with one attached hydrogen (secondary N) is 1. The van der Waals surface area contributed by atoms with Crippen molar-refractivity contribution in [1.29, 1.82) is 0 Å². The number of aromatic nitrogens is 2. The van der Waals surface area contributed by atoms with Crippen LogP contribution in [0.15, 0.2) is 0 Å². The van der Waals surface area contributed by atoms with Gasteiger partial charge in [-0.3, -0.25) is 0 Å². The number of urea groups is 1. The smallest absolute Gasteiger partial charge is 0.317 e. The lowest BCUT2D eigenvalue weighted by molar-refractivity contribution is 0.0954. The lowest BCUT2D eigenvalue weighted by Crippen LogP contribution is -2.50. The Kier molecular flexibility index (Phi) is 5.48. The molecule has 2 fully saturated rings. The molecule has 1 saturated carbocycles. The molecule has 7 nitrogen and oxygen atoms in total. The van der Waals surface area contributed by atoms with Gasteiger partial charge in [0.1, 0.15) is 11.9 Å². The van der Waals surface area contributed by atoms with Crippen molar-refractivity contribution in [3.63, 3.8) is 0 Å². The minimum atomic E-state index is -0.0214. The third kappa shape index (κ3) is 4.51. The highest BCUT2D eigenvalue weighted by Crippen LogP contribution is 2.40. The largest absolute Gasteiger partial charge is 0.472 e. The maximum atomic E-state index is 12.4. The van der Waals surface area contributed by atoms with Crippen LogP contribution >= 0.6 is 0 Å². The van der Waals surface area contributed by atoms with Crippen molar-refractivity contribution >= 4 is 6.03 Å². The zero-order chi connectivity index (χ0) is 18.8. The van der Waals surface area contributed by atoms with Gasteiger partial charge in [-0.25, -0.2) is 9.78 Å². The average Bonchev–Trinajstić information content (AvgIpc) is 3.48. The highest BCUT2D eigenvalue weighted by Gasteiger charge is 2.31. The van der Waals surface area contributed by atoms with Crippen LogP contribution in [0.1, 0.15) is 62.5 Å². The number of rotatable bonds is 4. The van der Waals surface area contributed by atoms with E-state index in [2.05, 4.69) is 5.32 Å². The molecule has 1 aromatic heterocycles. The van der Waals surface area contributed by atoms with Gasteiger partial charge in [-0.15, -0.1) is 0 Å². The first-order chi connectivity index (χ1) is 13.1. The fourth-order valence-electron chi connectivity index (χ4n) is 3.77. The summed E-state index contributed by atoms with van der Waals surface area (Å²) >= 11 is 0. The van der Waals surface area contributed by atoms with Crippen LogP contribution in [0.2, 0.25) is 0 Å². The number of fused-ring (bicyclic) bond motifs is 1. The summed E-state index contributed by atoms with van der Waals surface area (Å²) in [6.45, 7) is 6.73. The lowest BCUT2D eigenvalue weighted by atomic mass is 10.1. The molecule has 148 valence electrons. The molecular formula is C20H30N4O3. The Morgan fingerprint density at radius 3 is 2.81 bits per heavy atom. The van der Waals surface area contributed by atoms with Crippen molar-refractivity contribution in [3.8, 4) is 5.88 Å². The SMILES string of the molecule is CC(C)NC(=O)N1CCCC(Oc2nc(C3CC3)nc3c2CCOCC3)C1. The predicted octanol–water partition coefficient (Wildman–Crippen LogP) is 2.43. The first-order valence-electron chi connectivity index (χ1n) is 10.3. The van der Waals surface area contributed by atoms with Crippen molar-refractivity contribution in [2.75, 3.05) is 26.3 Å². The van der Waals surface area contributed by atoms with Gasteiger partial charge in [0.15, 0.2) is 0 Å². The van der Waals surface area contributed by atoms with Crippen LogP contribution in [0.5, 0.6) is 5.88 Å². The second-order valence-electron chi connectivity index (χ2n) is 8.13. The third-order valence-electron chi connectivity index (χ3n) is 5.35. The average molecular weight is 374 g/mol. The lowest BCUT2D eigenvalue weighted by Gasteiger charge is -2.33. The second-order valence-corrected chi connectivity index (χ2v) is 8.13. The molecular weight excluding hydrogens is 344 g/mol. The zero-order valence-electron chi connectivity index (χ0n) is 16.4. The number of amides is 2. The molecule has 2 aliphatic heterocycles. The topological polar surface area (TPSA) is 76.6 Å². The molecule has 0 radical (unpaired) electrons. The molecule has 0 bridgehead atoms. The number of likely N-dealkylation sites (tertiary alicyclic amines) is 1. The van der Waals surface area contributed by atoms with Gasteiger partial charge in [0.2, 0.25) is 5.88 Å². The molecule has 2 amide bonds. The van der Waals surface area contributed by atoms with Crippen LogP contribution in [-0.2, 0) is 17.6 Å². The van der Waals surface area contributed by atoms with E-state index < -0.39 is 0 Å². The molecule has 3 aliphatic rings. The van der Waals surface area contributed by atoms with Gasteiger partial charge in [0.25, 0.3) is 0 Å². The Balaban J connectivity index is 1.51. The number of ether oxygens (including phenoxy) is 2. The predicted molar refractivity (Wildman–Crippen MR) is 101 cm³/mol. The molecule has 27 heavy (non-hydrogen) atoms. The zero-order valence-corrected chi connectivity index (χ0v) is 16.4. The van der Waals surface area contributed by atoms with E-state index >= 15 is 0 Å². The van der Waals surface area contributed by atoms with Gasteiger partial charge in [-0.1, -0.05) is 0 Å². The summed E-state index contributed by atoms with van der Waals surface area (Å²) < 4.78 is 12.0. The summed E-state index contributed by atoms with van der Waals surface area (Å²) in [5.41, 5.74) is 2.19. The molecule has 0 spiro atoms. The van der Waals surface area contributed by atoms with Crippen molar-refractivity contribution in [2.45, 2.75) is 70.4 Å². The van der Waals surface area contributed by atoms with Crippen LogP contribution in [0.25, 0.3) is 0 Å². The highest BCUT2D eigenvalue weighted by atomic mass is 16.5. The van der Waals surface area contributed by atoms with Crippen LogP contribution in [0.3, 0.4) is 0 Å². The van der Waals surface area contributed by atoms with Crippen LogP contribution in [-0.4, -0.2) is 59.3 Å². The van der Waals surface area contributed by atoms with Gasteiger partial charge in [0, 0.05) is 36.9 Å². The number of carbonyl (C=O) groups is 1. The molecule has 7 heteroatoms. The highest BCUT2D eigenvalue weighted by molar-refractivity contribution is 5.74. The van der Waals surface area contributed by atoms with Gasteiger partial charge < -0.3 is 19.7 Å². The Bertz CT molecular complexity index is 690. The summed E-state index contributed by atoms with van der Waals surface area (Å²) in [4.78, 5) is 23.8. The van der Waals surface area contributed by atoms with Gasteiger partial charge >= 0.3 is 6.03 Å². The Morgan fingerprint density at radius 2 is 2.04 bits per heavy atom. The summed E-state index contributed by atoms with van der Waals surface area (Å²) in [7, 11) is 0. The summed E-state index contributed by atoms with van der Waals surface area (Å²) in [5.74, 6) is 2.14. The summed E-state index contributed by atoms with van der Waals surface area (Å²) in [6, 6.07) is 0.129. The van der Waals surface area contributed by atoms with Crippen molar-refractivity contribution in [3.05, 3.63) is 17.1 Å². The van der Waals surface area contributed by atoms with E-state index in [1.165, 1.54) is 12.8 Å². The molecule has 3 heterocycles. The fraction of sp³-hybridized carbons (Fsp3) is 0.750. The number of hydrogen-bond donors (Lipinski definition) is 1. The van der Waals surface area contributed by atoms with Gasteiger partial charge in [0.05, 0.1) is 25.5 Å². The maximum Gasteiger partial charge on any atom is 0.317 e. The number of carbonyl (C=O) groups excluding carboxylic acids is 1. The van der Waals surface area contributed by atoms with E-state index in [4.69, 9.17) is 19.4 Å². The quantitative estimate of drug-likeness (QED) is 0.876. The molecule has 1 unspecified atom stereocenters. The molecule has 4 rings (SSSR count). The monoisotopic (exact) mass is 374 g/mol. The van der Waals surface area contributed by atoms with Crippen molar-refractivity contribution in [1.82, 2.24) is 20.2 Å². The van der Waals surface area contributed by atoms with Crippen LogP contribution in [0, 0.1) is 0 Å². The Hall–Kier alpha value is -1.89.